The number of piperidine rings is 1. The van der Waals surface area contributed by atoms with Crippen molar-refractivity contribution in [3.05, 3.63) is 47.9 Å². The van der Waals surface area contributed by atoms with Gasteiger partial charge in [-0.3, -0.25) is 4.79 Å². The molecule has 1 fully saturated rings. The minimum absolute atomic E-state index is 0.140. The summed E-state index contributed by atoms with van der Waals surface area (Å²) in [6.45, 7) is 5.51. The van der Waals surface area contributed by atoms with Crippen LogP contribution in [0, 0.1) is 11.7 Å². The summed E-state index contributed by atoms with van der Waals surface area (Å²) in [4.78, 5) is 14.0. The molecule has 0 amide bonds. The molecule has 1 aliphatic heterocycles. The van der Waals surface area contributed by atoms with Crippen LogP contribution in [-0.2, 0) is 11.2 Å². The highest BCUT2D eigenvalue weighted by atomic mass is 19.1. The van der Waals surface area contributed by atoms with Crippen LogP contribution < -0.4 is 5.73 Å². The molecule has 6 nitrogen and oxygen atoms in total. The van der Waals surface area contributed by atoms with E-state index in [1.54, 1.807) is 12.1 Å². The van der Waals surface area contributed by atoms with Gasteiger partial charge in [0.05, 0.1) is 0 Å². The molecule has 28 heavy (non-hydrogen) atoms. The number of allylic oxidation sites excluding steroid dienone is 1. The Hall–Kier alpha value is -1.90. The molecule has 0 saturated carbocycles. The first-order valence-electron chi connectivity index (χ1n) is 9.78. The third-order valence-corrected chi connectivity index (χ3v) is 5.69. The maximum Gasteiger partial charge on any atom is 0.451 e. The standard InChI is InChI=1S/C20H30BFN2O4/c1-15(14-16-4-6-18(22)7-5-16)24-12-8-17(9-13-24)20(23,19(25)26)10-2-3-11-21(27)28/h4-7,17,27-28H,1-3,8-14,23H2,(H,25,26). The zero-order chi connectivity index (χ0) is 20.7. The number of halogens is 1. The van der Waals surface area contributed by atoms with Crippen molar-refractivity contribution in [1.29, 1.82) is 0 Å². The molecule has 8 heteroatoms. The number of hydrogen-bond donors (Lipinski definition) is 4. The maximum atomic E-state index is 13.0. The van der Waals surface area contributed by atoms with Crippen molar-refractivity contribution in [2.45, 2.75) is 50.4 Å². The number of nitrogens with zero attached hydrogens (tertiary/aromatic N) is 1. The third-order valence-electron chi connectivity index (χ3n) is 5.69. The van der Waals surface area contributed by atoms with Gasteiger partial charge >= 0.3 is 13.1 Å². The smallest absolute Gasteiger partial charge is 0.451 e. The van der Waals surface area contributed by atoms with E-state index in [4.69, 9.17) is 15.8 Å². The van der Waals surface area contributed by atoms with Crippen LogP contribution in [-0.4, -0.2) is 51.8 Å². The van der Waals surface area contributed by atoms with Crippen molar-refractivity contribution in [3.8, 4) is 0 Å². The minimum atomic E-state index is -1.37. The number of carboxylic acids is 1. The normalized spacial score (nSPS) is 17.2. The Balaban J connectivity index is 1.87. The van der Waals surface area contributed by atoms with Gasteiger partial charge in [0.25, 0.3) is 0 Å². The molecule has 1 aromatic carbocycles. The fourth-order valence-electron chi connectivity index (χ4n) is 3.89. The van der Waals surface area contributed by atoms with E-state index in [-0.39, 0.29) is 18.1 Å². The molecule has 1 saturated heterocycles. The molecule has 1 heterocycles. The predicted molar refractivity (Wildman–Crippen MR) is 107 cm³/mol. The summed E-state index contributed by atoms with van der Waals surface area (Å²) >= 11 is 0. The number of benzene rings is 1. The highest BCUT2D eigenvalue weighted by molar-refractivity contribution is 6.40. The van der Waals surface area contributed by atoms with E-state index in [2.05, 4.69) is 11.5 Å². The van der Waals surface area contributed by atoms with Crippen LogP contribution in [0.5, 0.6) is 0 Å². The van der Waals surface area contributed by atoms with Crippen LogP contribution in [0.4, 0.5) is 4.39 Å². The van der Waals surface area contributed by atoms with Crippen molar-refractivity contribution in [2.24, 2.45) is 11.7 Å². The summed E-state index contributed by atoms with van der Waals surface area (Å²) in [5.41, 5.74) is 6.90. The largest absolute Gasteiger partial charge is 0.480 e. The van der Waals surface area contributed by atoms with Crippen molar-refractivity contribution in [3.63, 3.8) is 0 Å². The van der Waals surface area contributed by atoms with Gasteiger partial charge in [-0.25, -0.2) is 4.39 Å². The van der Waals surface area contributed by atoms with E-state index < -0.39 is 18.6 Å². The molecule has 1 atom stereocenters. The van der Waals surface area contributed by atoms with E-state index in [1.807, 2.05) is 0 Å². The lowest BCUT2D eigenvalue weighted by molar-refractivity contribution is -0.146. The second-order valence-corrected chi connectivity index (χ2v) is 7.70. The van der Waals surface area contributed by atoms with Crippen LogP contribution in [0.1, 0.15) is 37.7 Å². The number of carboxylic acid groups (broad SMARTS) is 1. The zero-order valence-corrected chi connectivity index (χ0v) is 16.2. The number of rotatable bonds is 10. The Labute approximate surface area is 166 Å². The average molecular weight is 392 g/mol. The molecule has 1 aliphatic rings. The quantitative estimate of drug-likeness (QED) is 0.359. The second-order valence-electron chi connectivity index (χ2n) is 7.70. The number of nitrogens with two attached hydrogens (primary N) is 1. The number of carbonyl (C=O) groups is 1. The van der Waals surface area contributed by atoms with Gasteiger partial charge in [-0.1, -0.05) is 31.6 Å². The van der Waals surface area contributed by atoms with Crippen molar-refractivity contribution >= 4 is 13.1 Å². The van der Waals surface area contributed by atoms with E-state index in [9.17, 15) is 14.3 Å². The fraction of sp³-hybridized carbons (Fsp3) is 0.550. The monoisotopic (exact) mass is 392 g/mol. The molecule has 1 unspecified atom stereocenters. The van der Waals surface area contributed by atoms with E-state index in [0.717, 1.165) is 11.3 Å². The maximum absolute atomic E-state index is 13.0. The first kappa shape index (κ1) is 22.4. The lowest BCUT2D eigenvalue weighted by atomic mass is 9.74. The third kappa shape index (κ3) is 6.05. The van der Waals surface area contributed by atoms with Gasteiger partial charge in [0.1, 0.15) is 11.4 Å². The molecule has 5 N–H and O–H groups in total. The van der Waals surface area contributed by atoms with Crippen LogP contribution in [0.25, 0.3) is 0 Å². The minimum Gasteiger partial charge on any atom is -0.480 e. The SMILES string of the molecule is C=C(Cc1ccc(F)cc1)N1CCC(C(N)(CCCCB(O)O)C(=O)O)CC1. The second kappa shape index (κ2) is 10.0. The summed E-state index contributed by atoms with van der Waals surface area (Å²) in [5.74, 6) is -1.41. The highest BCUT2D eigenvalue weighted by Crippen LogP contribution is 2.32. The van der Waals surface area contributed by atoms with Gasteiger partial charge in [-0.05, 0) is 49.2 Å². The molecule has 0 radical (unpaired) electrons. The molecule has 0 bridgehead atoms. The van der Waals surface area contributed by atoms with Crippen LogP contribution in [0.15, 0.2) is 36.5 Å². The average Bonchev–Trinajstić information content (AvgIpc) is 2.66. The van der Waals surface area contributed by atoms with Crippen molar-refractivity contribution in [1.82, 2.24) is 4.90 Å². The highest BCUT2D eigenvalue weighted by Gasteiger charge is 2.43. The lowest BCUT2D eigenvalue weighted by Crippen LogP contribution is -2.56. The summed E-state index contributed by atoms with van der Waals surface area (Å²) in [6.07, 6.45) is 3.55. The first-order valence-corrected chi connectivity index (χ1v) is 9.78. The Morgan fingerprint density at radius 1 is 1.25 bits per heavy atom. The van der Waals surface area contributed by atoms with Crippen LogP contribution in [0.3, 0.4) is 0 Å². The molecular weight excluding hydrogens is 362 g/mol. The summed E-state index contributed by atoms with van der Waals surface area (Å²) < 4.78 is 13.0. The summed E-state index contributed by atoms with van der Waals surface area (Å²) in [7, 11) is -1.37. The van der Waals surface area contributed by atoms with Crippen molar-refractivity contribution < 1.29 is 24.3 Å². The molecule has 0 aromatic heterocycles. The first-order chi connectivity index (χ1) is 13.2. The zero-order valence-electron chi connectivity index (χ0n) is 16.2. The van der Waals surface area contributed by atoms with Gasteiger partial charge in [-0.15, -0.1) is 0 Å². The molecule has 154 valence electrons. The summed E-state index contributed by atoms with van der Waals surface area (Å²) in [6, 6.07) is 6.35. The Kier molecular flexibility index (Phi) is 8.04. The Morgan fingerprint density at radius 2 is 1.86 bits per heavy atom. The van der Waals surface area contributed by atoms with Gasteiger partial charge < -0.3 is 25.8 Å². The topological polar surface area (TPSA) is 107 Å². The molecule has 0 aliphatic carbocycles. The number of aliphatic carboxylic acids is 1. The fourth-order valence-corrected chi connectivity index (χ4v) is 3.89. The Morgan fingerprint density at radius 3 is 2.39 bits per heavy atom. The van der Waals surface area contributed by atoms with E-state index in [1.165, 1.54) is 12.1 Å². The molecule has 0 spiro atoms. The number of unbranched alkanes of at least 4 members (excludes halogenated alkanes) is 1. The van der Waals surface area contributed by atoms with Crippen LogP contribution >= 0.6 is 0 Å². The Bertz CT molecular complexity index is 663. The van der Waals surface area contributed by atoms with E-state index in [0.29, 0.717) is 51.6 Å². The van der Waals surface area contributed by atoms with Crippen molar-refractivity contribution in [2.75, 3.05) is 13.1 Å². The van der Waals surface area contributed by atoms with Gasteiger partial charge in [0.15, 0.2) is 0 Å². The lowest BCUT2D eigenvalue weighted by Gasteiger charge is -2.41. The van der Waals surface area contributed by atoms with Gasteiger partial charge in [-0.2, -0.15) is 0 Å². The van der Waals surface area contributed by atoms with Crippen LogP contribution in [0.2, 0.25) is 6.32 Å². The number of likely N-dealkylation sites (tertiary alicyclic amines) is 1. The van der Waals surface area contributed by atoms with E-state index >= 15 is 0 Å². The molecular formula is C20H30BFN2O4. The summed E-state index contributed by atoms with van der Waals surface area (Å²) in [5, 5.41) is 27.5. The molecule has 2 rings (SSSR count). The molecule has 1 aromatic rings. The predicted octanol–water partition coefficient (Wildman–Crippen LogP) is 2.02. The van der Waals surface area contributed by atoms with Gasteiger partial charge in [0.2, 0.25) is 0 Å². The number of hydrogen-bond acceptors (Lipinski definition) is 5. The van der Waals surface area contributed by atoms with Gasteiger partial charge in [0, 0.05) is 25.2 Å².